The van der Waals surface area contributed by atoms with Crippen LogP contribution in [0.25, 0.3) is 0 Å². The molecular formula is C17H31N3OSi. The molecule has 1 aliphatic rings. The number of likely N-dealkylation sites (tertiary alicyclic amines) is 1. The Labute approximate surface area is 136 Å². The zero-order valence-electron chi connectivity index (χ0n) is 14.7. The van der Waals surface area contributed by atoms with Crippen LogP contribution in [0.3, 0.4) is 0 Å². The predicted octanol–water partition coefficient (Wildman–Crippen LogP) is 3.65. The Balaban J connectivity index is 1.82. The second-order valence-corrected chi connectivity index (χ2v) is 12.7. The number of aromatic nitrogens is 1. The van der Waals surface area contributed by atoms with Gasteiger partial charge in [-0.2, -0.15) is 0 Å². The van der Waals surface area contributed by atoms with E-state index >= 15 is 0 Å². The van der Waals surface area contributed by atoms with Crippen molar-refractivity contribution in [1.82, 2.24) is 9.88 Å². The fraction of sp³-hybridized carbons (Fsp3) is 0.706. The highest BCUT2D eigenvalue weighted by molar-refractivity contribution is 6.74. The number of hydrogen-bond donors (Lipinski definition) is 1. The molecule has 0 aliphatic carbocycles. The Kier molecular flexibility index (Phi) is 5.30. The lowest BCUT2D eigenvalue weighted by atomic mass is 10.1. The van der Waals surface area contributed by atoms with Gasteiger partial charge in [0, 0.05) is 31.9 Å². The van der Waals surface area contributed by atoms with E-state index in [1.807, 2.05) is 12.3 Å². The third kappa shape index (κ3) is 4.54. The zero-order chi connectivity index (χ0) is 16.4. The lowest BCUT2D eigenvalue weighted by molar-refractivity contribution is 0.0862. The Morgan fingerprint density at radius 3 is 2.41 bits per heavy atom. The van der Waals surface area contributed by atoms with E-state index in [1.165, 1.54) is 5.56 Å². The van der Waals surface area contributed by atoms with Crippen molar-refractivity contribution in [2.75, 3.05) is 18.8 Å². The van der Waals surface area contributed by atoms with Crippen molar-refractivity contribution >= 4 is 14.1 Å². The van der Waals surface area contributed by atoms with E-state index < -0.39 is 8.32 Å². The Bertz CT molecular complexity index is 474. The van der Waals surface area contributed by atoms with Crippen LogP contribution in [0, 0.1) is 0 Å². The number of anilines is 1. The maximum absolute atomic E-state index is 6.54. The molecule has 0 bridgehead atoms. The maximum Gasteiger partial charge on any atom is 0.192 e. The van der Waals surface area contributed by atoms with Crippen molar-refractivity contribution in [1.29, 1.82) is 0 Å². The van der Waals surface area contributed by atoms with Crippen molar-refractivity contribution in [2.45, 2.75) is 64.4 Å². The third-order valence-electron chi connectivity index (χ3n) is 5.06. The molecule has 0 radical (unpaired) electrons. The summed E-state index contributed by atoms with van der Waals surface area (Å²) in [5, 5.41) is 0.291. The molecule has 2 rings (SSSR count). The van der Waals surface area contributed by atoms with Gasteiger partial charge in [0.15, 0.2) is 8.32 Å². The highest BCUT2D eigenvalue weighted by atomic mass is 28.4. The molecule has 2 heterocycles. The van der Waals surface area contributed by atoms with Crippen LogP contribution in [0.4, 0.5) is 5.82 Å². The van der Waals surface area contributed by atoms with E-state index in [2.05, 4.69) is 49.8 Å². The summed E-state index contributed by atoms with van der Waals surface area (Å²) in [5.41, 5.74) is 6.87. The Morgan fingerprint density at radius 1 is 1.27 bits per heavy atom. The van der Waals surface area contributed by atoms with E-state index in [9.17, 15) is 0 Å². The van der Waals surface area contributed by atoms with E-state index in [0.717, 1.165) is 32.5 Å². The van der Waals surface area contributed by atoms with Gasteiger partial charge < -0.3 is 10.2 Å². The SMILES string of the molecule is CC(C)(C)[Si](C)(C)OC1CCN(Cc2ccc(N)nc2)CC1. The van der Waals surface area contributed by atoms with Gasteiger partial charge >= 0.3 is 0 Å². The first kappa shape index (κ1) is 17.4. The monoisotopic (exact) mass is 321 g/mol. The molecule has 0 aromatic carbocycles. The topological polar surface area (TPSA) is 51.4 Å². The summed E-state index contributed by atoms with van der Waals surface area (Å²) >= 11 is 0. The molecule has 0 saturated carbocycles. The molecule has 1 saturated heterocycles. The first-order valence-electron chi connectivity index (χ1n) is 8.28. The van der Waals surface area contributed by atoms with Crippen molar-refractivity contribution < 1.29 is 4.43 Å². The third-order valence-corrected chi connectivity index (χ3v) is 9.59. The lowest BCUT2D eigenvalue weighted by Crippen LogP contribution is -2.47. The van der Waals surface area contributed by atoms with Crippen LogP contribution in [0.2, 0.25) is 18.1 Å². The Hall–Kier alpha value is -0.913. The van der Waals surface area contributed by atoms with E-state index in [4.69, 9.17) is 10.2 Å². The van der Waals surface area contributed by atoms with Gasteiger partial charge in [-0.25, -0.2) is 4.98 Å². The lowest BCUT2D eigenvalue weighted by Gasteiger charge is -2.42. The van der Waals surface area contributed by atoms with Crippen LogP contribution in [-0.2, 0) is 11.0 Å². The normalized spacial score (nSPS) is 18.6. The summed E-state index contributed by atoms with van der Waals surface area (Å²) in [6, 6.07) is 3.95. The van der Waals surface area contributed by atoms with Crippen LogP contribution < -0.4 is 5.73 Å². The molecule has 1 aliphatic heterocycles. The van der Waals surface area contributed by atoms with Crippen molar-refractivity contribution in [3.8, 4) is 0 Å². The molecule has 1 aromatic rings. The van der Waals surface area contributed by atoms with Crippen LogP contribution in [-0.4, -0.2) is 37.4 Å². The number of nitrogens with two attached hydrogens (primary N) is 1. The molecular weight excluding hydrogens is 290 g/mol. The number of rotatable bonds is 4. The molecule has 0 atom stereocenters. The zero-order valence-corrected chi connectivity index (χ0v) is 15.7. The molecule has 2 N–H and O–H groups in total. The first-order chi connectivity index (χ1) is 10.2. The second-order valence-electron chi connectivity index (χ2n) is 7.94. The average Bonchev–Trinajstić information content (AvgIpc) is 2.42. The number of hydrogen-bond acceptors (Lipinski definition) is 4. The van der Waals surface area contributed by atoms with Gasteiger partial charge in [0.05, 0.1) is 0 Å². The summed E-state index contributed by atoms with van der Waals surface area (Å²) in [4.78, 5) is 6.65. The standard InChI is InChI=1S/C17H31N3OSi/c1-17(2,3)22(4,5)21-15-8-10-20(11-9-15)13-14-6-7-16(18)19-12-14/h6-7,12,15H,8-11,13H2,1-5H3,(H2,18,19). The highest BCUT2D eigenvalue weighted by Gasteiger charge is 2.39. The fourth-order valence-corrected chi connectivity index (χ4v) is 3.99. The Morgan fingerprint density at radius 2 is 1.91 bits per heavy atom. The molecule has 1 fully saturated rings. The van der Waals surface area contributed by atoms with Crippen LogP contribution in [0.5, 0.6) is 0 Å². The predicted molar refractivity (Wildman–Crippen MR) is 95.2 cm³/mol. The van der Waals surface area contributed by atoms with Gasteiger partial charge in [0.1, 0.15) is 5.82 Å². The summed E-state index contributed by atoms with van der Waals surface area (Å²) in [6.07, 6.45) is 4.58. The molecule has 1 aromatic heterocycles. The first-order valence-corrected chi connectivity index (χ1v) is 11.2. The molecule has 0 unspecified atom stereocenters. The summed E-state index contributed by atoms with van der Waals surface area (Å²) in [6.45, 7) is 14.8. The summed E-state index contributed by atoms with van der Waals surface area (Å²) in [5.74, 6) is 0.588. The van der Waals surface area contributed by atoms with Gasteiger partial charge in [-0.15, -0.1) is 0 Å². The fourth-order valence-electron chi connectivity index (χ4n) is 2.57. The van der Waals surface area contributed by atoms with Gasteiger partial charge in [-0.05, 0) is 42.6 Å². The summed E-state index contributed by atoms with van der Waals surface area (Å²) < 4.78 is 6.54. The van der Waals surface area contributed by atoms with Gasteiger partial charge in [-0.1, -0.05) is 26.8 Å². The average molecular weight is 322 g/mol. The van der Waals surface area contributed by atoms with Crippen molar-refractivity contribution in [3.63, 3.8) is 0 Å². The smallest absolute Gasteiger partial charge is 0.192 e. The number of piperidine rings is 1. The van der Waals surface area contributed by atoms with Crippen LogP contribution >= 0.6 is 0 Å². The van der Waals surface area contributed by atoms with Crippen LogP contribution in [0.15, 0.2) is 18.3 Å². The highest BCUT2D eigenvalue weighted by Crippen LogP contribution is 2.38. The summed E-state index contributed by atoms with van der Waals surface area (Å²) in [7, 11) is -1.64. The van der Waals surface area contributed by atoms with E-state index in [0.29, 0.717) is 17.0 Å². The minimum absolute atomic E-state index is 0.291. The molecule has 124 valence electrons. The molecule has 5 heteroatoms. The number of pyridine rings is 1. The van der Waals surface area contributed by atoms with Gasteiger partial charge in [-0.3, -0.25) is 4.90 Å². The maximum atomic E-state index is 6.54. The molecule has 22 heavy (non-hydrogen) atoms. The molecule has 0 amide bonds. The minimum atomic E-state index is -1.64. The van der Waals surface area contributed by atoms with E-state index in [-0.39, 0.29) is 0 Å². The van der Waals surface area contributed by atoms with Crippen molar-refractivity contribution in [2.24, 2.45) is 0 Å². The molecule has 0 spiro atoms. The quantitative estimate of drug-likeness (QED) is 0.860. The largest absolute Gasteiger partial charge is 0.414 e. The van der Waals surface area contributed by atoms with E-state index in [1.54, 1.807) is 0 Å². The minimum Gasteiger partial charge on any atom is -0.414 e. The van der Waals surface area contributed by atoms with Crippen LogP contribution in [0.1, 0.15) is 39.2 Å². The number of nitrogen functional groups attached to an aromatic ring is 1. The molecule has 4 nitrogen and oxygen atoms in total. The van der Waals surface area contributed by atoms with Crippen molar-refractivity contribution in [3.05, 3.63) is 23.9 Å². The second kappa shape index (κ2) is 6.68. The van der Waals surface area contributed by atoms with Gasteiger partial charge in [0.2, 0.25) is 0 Å². The van der Waals surface area contributed by atoms with Gasteiger partial charge in [0.25, 0.3) is 0 Å². The number of nitrogens with zero attached hydrogens (tertiary/aromatic N) is 2.